The summed E-state index contributed by atoms with van der Waals surface area (Å²) < 4.78 is 5.80. The maximum atomic E-state index is 5.80. The van der Waals surface area contributed by atoms with Gasteiger partial charge in [-0.3, -0.25) is 0 Å². The van der Waals surface area contributed by atoms with Gasteiger partial charge in [0.2, 0.25) is 0 Å². The Kier molecular flexibility index (Phi) is 10.9. The topological polar surface area (TPSA) is 48.9 Å². The van der Waals surface area contributed by atoms with Gasteiger partial charge in [0.1, 0.15) is 12.4 Å². The molecule has 0 aliphatic heterocycles. The lowest BCUT2D eigenvalue weighted by Gasteiger charge is -2.16. The lowest BCUT2D eigenvalue weighted by Crippen LogP contribution is -2.42. The molecule has 0 heterocycles. The number of nitrogens with zero attached hydrogens (tertiary/aromatic N) is 2. The summed E-state index contributed by atoms with van der Waals surface area (Å²) in [4.78, 5) is 6.84. The maximum Gasteiger partial charge on any atom is 0.191 e. The lowest BCUT2D eigenvalue weighted by atomic mass is 10.2. The summed E-state index contributed by atoms with van der Waals surface area (Å²) in [6.45, 7) is 5.26. The third-order valence-corrected chi connectivity index (χ3v) is 4.17. The minimum atomic E-state index is 0. The van der Waals surface area contributed by atoms with Crippen LogP contribution in [0.1, 0.15) is 38.2 Å². The second kappa shape index (κ2) is 12.4. The minimum Gasteiger partial charge on any atom is -0.492 e. The fraction of sp³-hybridized carbons (Fsp3) is 0.632. The van der Waals surface area contributed by atoms with Crippen molar-refractivity contribution in [3.8, 4) is 5.75 Å². The molecule has 0 spiro atoms. The molecule has 2 rings (SSSR count). The molecular formula is C19H33IN4O. The maximum absolute atomic E-state index is 5.80. The van der Waals surface area contributed by atoms with Crippen LogP contribution in [0.15, 0.2) is 29.3 Å². The van der Waals surface area contributed by atoms with Gasteiger partial charge in [-0.25, -0.2) is 4.99 Å². The van der Waals surface area contributed by atoms with Crippen molar-refractivity contribution in [2.75, 3.05) is 33.8 Å². The predicted molar refractivity (Wildman–Crippen MR) is 116 cm³/mol. The van der Waals surface area contributed by atoms with Crippen LogP contribution < -0.4 is 15.4 Å². The number of guanidine groups is 1. The van der Waals surface area contributed by atoms with E-state index in [9.17, 15) is 0 Å². The molecule has 0 unspecified atom stereocenters. The van der Waals surface area contributed by atoms with Gasteiger partial charge < -0.3 is 20.3 Å². The van der Waals surface area contributed by atoms with Crippen molar-refractivity contribution in [3.05, 3.63) is 29.8 Å². The third kappa shape index (κ3) is 8.76. The van der Waals surface area contributed by atoms with E-state index < -0.39 is 0 Å². The van der Waals surface area contributed by atoms with Crippen molar-refractivity contribution < 1.29 is 4.74 Å². The molecule has 1 fully saturated rings. The Bertz CT molecular complexity index is 516. The van der Waals surface area contributed by atoms with E-state index in [-0.39, 0.29) is 24.0 Å². The van der Waals surface area contributed by atoms with Crippen LogP contribution in [0.4, 0.5) is 0 Å². The first-order chi connectivity index (χ1) is 11.7. The van der Waals surface area contributed by atoms with Crippen LogP contribution in [0.25, 0.3) is 0 Å². The van der Waals surface area contributed by atoms with Crippen LogP contribution in [0.3, 0.4) is 0 Å². The number of benzene rings is 1. The Labute approximate surface area is 169 Å². The number of aliphatic imine (C=N–C) groups is 1. The molecule has 5 nitrogen and oxygen atoms in total. The van der Waals surface area contributed by atoms with E-state index in [1.165, 1.54) is 31.2 Å². The number of ether oxygens (including phenoxy) is 1. The third-order valence-electron chi connectivity index (χ3n) is 4.17. The summed E-state index contributed by atoms with van der Waals surface area (Å²) in [7, 11) is 4.10. The molecule has 1 aliphatic carbocycles. The van der Waals surface area contributed by atoms with Gasteiger partial charge in [0.05, 0.1) is 6.54 Å². The first kappa shape index (κ1) is 22.0. The SMILES string of the molecule is CCNC(=NCc1cccc(OCCN(C)C)c1)NC1CCCC1.I. The fourth-order valence-electron chi connectivity index (χ4n) is 2.83. The van der Waals surface area contributed by atoms with Crippen molar-refractivity contribution in [1.29, 1.82) is 0 Å². The van der Waals surface area contributed by atoms with Crippen molar-refractivity contribution in [2.24, 2.45) is 4.99 Å². The smallest absolute Gasteiger partial charge is 0.191 e. The number of nitrogens with one attached hydrogen (secondary N) is 2. The van der Waals surface area contributed by atoms with Crippen LogP contribution in [0.5, 0.6) is 5.75 Å². The molecule has 0 atom stereocenters. The van der Waals surface area contributed by atoms with E-state index in [4.69, 9.17) is 9.73 Å². The van der Waals surface area contributed by atoms with E-state index >= 15 is 0 Å². The van der Waals surface area contributed by atoms with E-state index in [1.54, 1.807) is 0 Å². The molecule has 1 aromatic carbocycles. The molecule has 25 heavy (non-hydrogen) atoms. The number of hydrogen-bond acceptors (Lipinski definition) is 3. The van der Waals surface area contributed by atoms with E-state index in [0.29, 0.717) is 19.2 Å². The summed E-state index contributed by atoms with van der Waals surface area (Å²) in [5.74, 6) is 1.83. The van der Waals surface area contributed by atoms with Gasteiger partial charge in [0, 0.05) is 19.1 Å². The summed E-state index contributed by atoms with van der Waals surface area (Å²) in [6, 6.07) is 8.79. The van der Waals surface area contributed by atoms with Gasteiger partial charge in [-0.1, -0.05) is 25.0 Å². The number of hydrogen-bond donors (Lipinski definition) is 2. The Morgan fingerprint density at radius 3 is 2.72 bits per heavy atom. The van der Waals surface area contributed by atoms with Gasteiger partial charge in [0.15, 0.2) is 5.96 Å². The molecule has 0 amide bonds. The quantitative estimate of drug-likeness (QED) is 0.355. The van der Waals surface area contributed by atoms with Crippen LogP contribution in [0.2, 0.25) is 0 Å². The van der Waals surface area contributed by atoms with Gasteiger partial charge in [-0.15, -0.1) is 24.0 Å². The molecule has 0 bridgehead atoms. The number of likely N-dealkylation sites (N-methyl/N-ethyl adjacent to an activating group) is 1. The van der Waals surface area contributed by atoms with Crippen molar-refractivity contribution >= 4 is 29.9 Å². The predicted octanol–water partition coefficient (Wildman–Crippen LogP) is 3.24. The summed E-state index contributed by atoms with van der Waals surface area (Å²) in [6.07, 6.45) is 5.14. The summed E-state index contributed by atoms with van der Waals surface area (Å²) >= 11 is 0. The zero-order chi connectivity index (χ0) is 17.2. The van der Waals surface area contributed by atoms with Gasteiger partial charge in [-0.05, 0) is 51.6 Å². The highest BCUT2D eigenvalue weighted by molar-refractivity contribution is 14.0. The number of halogens is 1. The monoisotopic (exact) mass is 460 g/mol. The van der Waals surface area contributed by atoms with Crippen LogP contribution >= 0.6 is 24.0 Å². The largest absolute Gasteiger partial charge is 0.492 e. The van der Waals surface area contributed by atoms with Gasteiger partial charge >= 0.3 is 0 Å². The highest BCUT2D eigenvalue weighted by Crippen LogP contribution is 2.17. The normalized spacial score (nSPS) is 15.1. The van der Waals surface area contributed by atoms with E-state index in [1.807, 2.05) is 26.2 Å². The molecular weight excluding hydrogens is 427 g/mol. The zero-order valence-corrected chi connectivity index (χ0v) is 18.1. The second-order valence-electron chi connectivity index (χ2n) is 6.62. The average Bonchev–Trinajstić information content (AvgIpc) is 3.06. The van der Waals surface area contributed by atoms with E-state index in [2.05, 4.69) is 34.6 Å². The summed E-state index contributed by atoms with van der Waals surface area (Å²) in [5.41, 5.74) is 1.17. The Hall–Kier alpha value is -1.02. The molecule has 1 aliphatic rings. The van der Waals surface area contributed by atoms with E-state index in [0.717, 1.165) is 24.8 Å². The van der Waals surface area contributed by atoms with Gasteiger partial charge in [0.25, 0.3) is 0 Å². The molecule has 6 heteroatoms. The standard InChI is InChI=1S/C19H32N4O.HI/c1-4-20-19(22-17-9-5-6-10-17)21-15-16-8-7-11-18(14-16)24-13-12-23(2)3;/h7-8,11,14,17H,4-6,9-10,12-13,15H2,1-3H3,(H2,20,21,22);1H. The zero-order valence-electron chi connectivity index (χ0n) is 15.8. The average molecular weight is 460 g/mol. The first-order valence-corrected chi connectivity index (χ1v) is 9.08. The highest BCUT2D eigenvalue weighted by atomic mass is 127. The Morgan fingerprint density at radius 1 is 1.28 bits per heavy atom. The van der Waals surface area contributed by atoms with Crippen LogP contribution in [-0.4, -0.2) is 50.7 Å². The Balaban J connectivity index is 0.00000312. The lowest BCUT2D eigenvalue weighted by molar-refractivity contribution is 0.261. The summed E-state index contributed by atoms with van der Waals surface area (Å²) in [5, 5.41) is 6.89. The highest BCUT2D eigenvalue weighted by Gasteiger charge is 2.15. The molecule has 0 radical (unpaired) electrons. The van der Waals surface area contributed by atoms with Crippen molar-refractivity contribution in [1.82, 2.24) is 15.5 Å². The van der Waals surface area contributed by atoms with Crippen LogP contribution in [-0.2, 0) is 6.54 Å². The Morgan fingerprint density at radius 2 is 2.04 bits per heavy atom. The molecule has 142 valence electrons. The second-order valence-corrected chi connectivity index (χ2v) is 6.62. The molecule has 2 N–H and O–H groups in total. The first-order valence-electron chi connectivity index (χ1n) is 9.08. The molecule has 1 aromatic rings. The van der Waals surface area contributed by atoms with Crippen LogP contribution in [0, 0.1) is 0 Å². The van der Waals surface area contributed by atoms with Crippen molar-refractivity contribution in [2.45, 2.75) is 45.2 Å². The van der Waals surface area contributed by atoms with Crippen molar-refractivity contribution in [3.63, 3.8) is 0 Å². The molecule has 0 aromatic heterocycles. The molecule has 0 saturated heterocycles. The minimum absolute atomic E-state index is 0. The molecule has 1 saturated carbocycles. The fourth-order valence-corrected chi connectivity index (χ4v) is 2.83. The van der Waals surface area contributed by atoms with Gasteiger partial charge in [-0.2, -0.15) is 0 Å². The number of rotatable bonds is 8.